The van der Waals surface area contributed by atoms with E-state index in [-0.39, 0.29) is 5.91 Å². The van der Waals surface area contributed by atoms with Crippen LogP contribution in [0.3, 0.4) is 0 Å². The summed E-state index contributed by atoms with van der Waals surface area (Å²) in [6, 6.07) is 5.44. The number of aliphatic carboxylic acids is 1. The Kier molecular flexibility index (Phi) is 4.16. The third-order valence-electron chi connectivity index (χ3n) is 4.70. The molecule has 1 aromatic carbocycles. The van der Waals surface area contributed by atoms with Crippen LogP contribution >= 0.6 is 0 Å². The fourth-order valence-electron chi connectivity index (χ4n) is 3.33. The average molecular weight is 303 g/mol. The van der Waals surface area contributed by atoms with Crippen LogP contribution in [0.25, 0.3) is 0 Å². The smallest absolute Gasteiger partial charge is 0.329 e. The zero-order chi connectivity index (χ0) is 15.6. The van der Waals surface area contributed by atoms with Gasteiger partial charge in [-0.25, -0.2) is 4.79 Å². The summed E-state index contributed by atoms with van der Waals surface area (Å²) >= 11 is 0. The van der Waals surface area contributed by atoms with E-state index < -0.39 is 11.5 Å². The maximum absolute atomic E-state index is 12.5. The number of hydrogen-bond donors (Lipinski definition) is 2. The number of nitrogens with one attached hydrogen (secondary N) is 1. The van der Waals surface area contributed by atoms with Gasteiger partial charge >= 0.3 is 5.97 Å². The number of fused-ring (bicyclic) bond motifs is 1. The molecule has 1 aliphatic heterocycles. The maximum atomic E-state index is 12.5. The van der Waals surface area contributed by atoms with E-state index in [1.165, 1.54) is 0 Å². The number of amides is 1. The second kappa shape index (κ2) is 6.08. The third-order valence-corrected chi connectivity index (χ3v) is 4.70. The van der Waals surface area contributed by atoms with Gasteiger partial charge in [0, 0.05) is 5.56 Å². The van der Waals surface area contributed by atoms with Gasteiger partial charge in [0.25, 0.3) is 5.91 Å². The molecular weight excluding hydrogens is 282 g/mol. The Bertz CT molecular complexity index is 588. The van der Waals surface area contributed by atoms with Crippen LogP contribution in [0, 0.1) is 0 Å². The molecule has 1 aliphatic carbocycles. The highest BCUT2D eigenvalue weighted by Gasteiger charge is 2.40. The number of carboxylic acid groups (broad SMARTS) is 1. The molecule has 0 radical (unpaired) electrons. The normalized spacial score (nSPS) is 20.0. The molecule has 1 heterocycles. The van der Waals surface area contributed by atoms with E-state index in [2.05, 4.69) is 5.32 Å². The van der Waals surface area contributed by atoms with Gasteiger partial charge in [-0.2, -0.15) is 0 Å². The minimum absolute atomic E-state index is 0.306. The van der Waals surface area contributed by atoms with E-state index in [9.17, 15) is 14.7 Å². The zero-order valence-corrected chi connectivity index (χ0v) is 12.6. The number of benzene rings is 1. The summed E-state index contributed by atoms with van der Waals surface area (Å²) in [5, 5.41) is 12.4. The first kappa shape index (κ1) is 15.0. The Labute approximate surface area is 129 Å². The number of ether oxygens (including phenoxy) is 1. The van der Waals surface area contributed by atoms with Gasteiger partial charge in [-0.15, -0.1) is 0 Å². The highest BCUT2D eigenvalue weighted by Crippen LogP contribution is 2.28. The summed E-state index contributed by atoms with van der Waals surface area (Å²) in [4.78, 5) is 24.3. The van der Waals surface area contributed by atoms with Gasteiger partial charge in [0.05, 0.1) is 13.2 Å². The molecule has 1 aromatic rings. The Hall–Kier alpha value is -1.88. The predicted molar refractivity (Wildman–Crippen MR) is 80.5 cm³/mol. The van der Waals surface area contributed by atoms with Crippen LogP contribution in [0.5, 0.6) is 0 Å². The van der Waals surface area contributed by atoms with E-state index in [0.717, 1.165) is 36.8 Å². The van der Waals surface area contributed by atoms with Gasteiger partial charge in [0.15, 0.2) is 0 Å². The van der Waals surface area contributed by atoms with Gasteiger partial charge < -0.3 is 15.2 Å². The molecule has 1 saturated carbocycles. The second-order valence-corrected chi connectivity index (χ2v) is 6.23. The lowest BCUT2D eigenvalue weighted by atomic mass is 9.89. The highest BCUT2D eigenvalue weighted by atomic mass is 16.5. The Morgan fingerprint density at radius 2 is 1.73 bits per heavy atom. The van der Waals surface area contributed by atoms with Crippen molar-refractivity contribution in [3.8, 4) is 0 Å². The lowest BCUT2D eigenvalue weighted by Gasteiger charge is -2.29. The molecule has 1 fully saturated rings. The van der Waals surface area contributed by atoms with Gasteiger partial charge in [-0.3, -0.25) is 4.79 Å². The van der Waals surface area contributed by atoms with Crippen LogP contribution < -0.4 is 5.32 Å². The van der Waals surface area contributed by atoms with Crippen molar-refractivity contribution in [2.75, 3.05) is 0 Å². The Balaban J connectivity index is 1.80. The third kappa shape index (κ3) is 2.86. The van der Waals surface area contributed by atoms with Crippen LogP contribution in [-0.2, 0) is 22.7 Å². The van der Waals surface area contributed by atoms with Crippen LogP contribution in [0.1, 0.15) is 60.0 Å². The van der Waals surface area contributed by atoms with Crippen LogP contribution in [0.15, 0.2) is 18.2 Å². The largest absolute Gasteiger partial charge is 0.480 e. The fraction of sp³-hybridized carbons (Fsp3) is 0.529. The molecule has 0 atom stereocenters. The molecule has 0 spiro atoms. The van der Waals surface area contributed by atoms with Crippen LogP contribution in [-0.4, -0.2) is 22.5 Å². The van der Waals surface area contributed by atoms with Crippen molar-refractivity contribution in [3.63, 3.8) is 0 Å². The summed E-state index contributed by atoms with van der Waals surface area (Å²) in [6.07, 6.45) is 4.74. The molecule has 2 N–H and O–H groups in total. The van der Waals surface area contributed by atoms with Crippen molar-refractivity contribution in [3.05, 3.63) is 34.9 Å². The SMILES string of the molecule is O=C(NC1(C(=O)O)CCCCCC1)c1ccc2c(c1)COC2. The number of carbonyl (C=O) groups excluding carboxylic acids is 1. The molecule has 0 aromatic heterocycles. The van der Waals surface area contributed by atoms with Crippen molar-refractivity contribution in [1.82, 2.24) is 5.32 Å². The number of carbonyl (C=O) groups is 2. The van der Waals surface area contributed by atoms with Crippen molar-refractivity contribution in [1.29, 1.82) is 0 Å². The number of carboxylic acids is 1. The van der Waals surface area contributed by atoms with Crippen LogP contribution in [0.4, 0.5) is 0 Å². The number of rotatable bonds is 3. The molecule has 1 amide bonds. The van der Waals surface area contributed by atoms with Gasteiger partial charge in [0.1, 0.15) is 5.54 Å². The summed E-state index contributed by atoms with van der Waals surface area (Å²) in [6.45, 7) is 1.09. The van der Waals surface area contributed by atoms with E-state index in [0.29, 0.717) is 31.6 Å². The monoisotopic (exact) mass is 303 g/mol. The lowest BCUT2D eigenvalue weighted by Crippen LogP contribution is -2.54. The molecule has 5 heteroatoms. The molecule has 118 valence electrons. The standard InChI is InChI=1S/C17H21NO4/c19-15(12-5-6-13-10-22-11-14(13)9-12)18-17(16(20)21)7-3-1-2-4-8-17/h5-6,9H,1-4,7-8,10-11H2,(H,18,19)(H,20,21). The maximum Gasteiger partial charge on any atom is 0.329 e. The van der Waals surface area contributed by atoms with Gasteiger partial charge in [-0.1, -0.05) is 31.7 Å². The molecule has 3 rings (SSSR count). The van der Waals surface area contributed by atoms with Crippen molar-refractivity contribution in [2.24, 2.45) is 0 Å². The molecule has 22 heavy (non-hydrogen) atoms. The van der Waals surface area contributed by atoms with Crippen LogP contribution in [0.2, 0.25) is 0 Å². The molecule has 5 nitrogen and oxygen atoms in total. The molecule has 0 saturated heterocycles. The molecule has 0 bridgehead atoms. The molecule has 0 unspecified atom stereocenters. The predicted octanol–water partition coefficient (Wildman–Crippen LogP) is 2.62. The molecular formula is C17H21NO4. The van der Waals surface area contributed by atoms with Gasteiger partial charge in [0.2, 0.25) is 0 Å². The first-order valence-electron chi connectivity index (χ1n) is 7.86. The summed E-state index contributed by atoms with van der Waals surface area (Å²) in [5.41, 5.74) is 1.49. The Morgan fingerprint density at radius 1 is 1.05 bits per heavy atom. The van der Waals surface area contributed by atoms with E-state index in [4.69, 9.17) is 4.74 Å². The van der Waals surface area contributed by atoms with E-state index >= 15 is 0 Å². The highest BCUT2D eigenvalue weighted by molar-refractivity contribution is 5.98. The van der Waals surface area contributed by atoms with Gasteiger partial charge in [-0.05, 0) is 36.1 Å². The molecule has 2 aliphatic rings. The van der Waals surface area contributed by atoms with E-state index in [1.807, 2.05) is 12.1 Å². The van der Waals surface area contributed by atoms with Crippen molar-refractivity contribution in [2.45, 2.75) is 57.3 Å². The fourth-order valence-corrected chi connectivity index (χ4v) is 3.33. The minimum atomic E-state index is -1.12. The van der Waals surface area contributed by atoms with Crippen molar-refractivity contribution < 1.29 is 19.4 Å². The Morgan fingerprint density at radius 3 is 2.41 bits per heavy atom. The van der Waals surface area contributed by atoms with Crippen molar-refractivity contribution >= 4 is 11.9 Å². The topological polar surface area (TPSA) is 75.6 Å². The summed E-state index contributed by atoms with van der Waals surface area (Å²) in [5.74, 6) is -1.23. The number of hydrogen-bond acceptors (Lipinski definition) is 3. The average Bonchev–Trinajstić information content (AvgIpc) is 2.84. The zero-order valence-electron chi connectivity index (χ0n) is 12.6. The van der Waals surface area contributed by atoms with E-state index in [1.54, 1.807) is 6.07 Å². The minimum Gasteiger partial charge on any atom is -0.480 e. The lowest BCUT2D eigenvalue weighted by molar-refractivity contribution is -0.145. The summed E-state index contributed by atoms with van der Waals surface area (Å²) < 4.78 is 5.35. The quantitative estimate of drug-likeness (QED) is 0.842. The first-order chi connectivity index (χ1) is 10.6. The second-order valence-electron chi connectivity index (χ2n) is 6.23. The summed E-state index contributed by atoms with van der Waals surface area (Å²) in [7, 11) is 0. The first-order valence-corrected chi connectivity index (χ1v) is 7.86.